The molecule has 0 radical (unpaired) electrons. The van der Waals surface area contributed by atoms with Gasteiger partial charge in [-0.15, -0.1) is 0 Å². The predicted molar refractivity (Wildman–Crippen MR) is 43.2 cm³/mol. The molecule has 0 bridgehead atoms. The minimum Gasteiger partial charge on any atom is -0.336 e. The van der Waals surface area contributed by atoms with Crippen molar-refractivity contribution in [2.24, 2.45) is 5.73 Å². The average Bonchev–Trinajstić information content (AvgIpc) is 2.37. The predicted octanol–water partition coefficient (Wildman–Crippen LogP) is -0.473. The number of hydrogen-bond donors (Lipinski definition) is 2. The van der Waals surface area contributed by atoms with Gasteiger partial charge in [0, 0.05) is 26.2 Å². The molecule has 4 heteroatoms. The molecule has 0 spiro atoms. The van der Waals surface area contributed by atoms with E-state index in [9.17, 15) is 4.79 Å². The van der Waals surface area contributed by atoms with Gasteiger partial charge in [0.2, 0.25) is 0 Å². The quantitative estimate of drug-likeness (QED) is 0.541. The molecule has 1 aliphatic rings. The van der Waals surface area contributed by atoms with Crippen LogP contribution in [0.2, 0.25) is 0 Å². The van der Waals surface area contributed by atoms with E-state index in [1.165, 1.54) is 0 Å². The van der Waals surface area contributed by atoms with Gasteiger partial charge in [0.25, 0.3) is 0 Å². The summed E-state index contributed by atoms with van der Waals surface area (Å²) in [6.45, 7) is 2.77. The number of urea groups is 1. The molecule has 1 rings (SSSR count). The lowest BCUT2D eigenvalue weighted by atomic mass is 10.4. The lowest BCUT2D eigenvalue weighted by Gasteiger charge is -2.09. The number of rotatable bonds is 3. The molecule has 1 fully saturated rings. The fourth-order valence-electron chi connectivity index (χ4n) is 0.983. The smallest absolute Gasteiger partial charge is 0.317 e. The van der Waals surface area contributed by atoms with Crippen molar-refractivity contribution in [2.45, 2.75) is 0 Å². The van der Waals surface area contributed by atoms with Gasteiger partial charge in [0.05, 0.1) is 0 Å². The molecule has 2 amide bonds. The summed E-state index contributed by atoms with van der Waals surface area (Å²) in [6, 6.07) is 0.0201. The van der Waals surface area contributed by atoms with Crippen LogP contribution in [0.3, 0.4) is 0 Å². The van der Waals surface area contributed by atoms with Crippen LogP contribution < -0.4 is 11.1 Å². The van der Waals surface area contributed by atoms with Crippen LogP contribution in [-0.4, -0.2) is 37.1 Å². The van der Waals surface area contributed by atoms with E-state index < -0.39 is 0 Å². The zero-order valence-electron chi connectivity index (χ0n) is 6.42. The molecule has 62 valence electrons. The Labute approximate surface area is 66.0 Å². The maximum Gasteiger partial charge on any atom is 0.317 e. The molecule has 1 heterocycles. The average molecular weight is 155 g/mol. The van der Waals surface area contributed by atoms with Crippen LogP contribution in [0.15, 0.2) is 12.2 Å². The molecule has 0 saturated carbocycles. The van der Waals surface area contributed by atoms with E-state index >= 15 is 0 Å². The Kier molecular flexibility index (Phi) is 2.92. The first-order valence-electron chi connectivity index (χ1n) is 3.72. The second-order valence-corrected chi connectivity index (χ2v) is 2.39. The summed E-state index contributed by atoms with van der Waals surface area (Å²) in [5.74, 6) is 0. The second-order valence-electron chi connectivity index (χ2n) is 2.39. The minimum atomic E-state index is 0.0201. The Balaban J connectivity index is 2.25. The molecular weight excluding hydrogens is 142 g/mol. The van der Waals surface area contributed by atoms with Crippen LogP contribution in [0.5, 0.6) is 0 Å². The molecule has 0 aromatic rings. The highest BCUT2D eigenvalue weighted by atomic mass is 16.2. The van der Waals surface area contributed by atoms with E-state index in [0.717, 1.165) is 13.1 Å². The second kappa shape index (κ2) is 3.98. The number of carbonyl (C=O) groups excluding carboxylic acids is 1. The van der Waals surface area contributed by atoms with Gasteiger partial charge in [-0.1, -0.05) is 12.2 Å². The molecular formula is C7H13N3O. The molecule has 3 N–H and O–H groups in total. The van der Waals surface area contributed by atoms with Crippen molar-refractivity contribution >= 4 is 6.03 Å². The molecule has 1 aliphatic heterocycles. The zero-order chi connectivity index (χ0) is 8.10. The Morgan fingerprint density at radius 3 is 3.00 bits per heavy atom. The highest BCUT2D eigenvalue weighted by molar-refractivity contribution is 5.76. The molecule has 0 unspecified atom stereocenters. The topological polar surface area (TPSA) is 58.4 Å². The summed E-state index contributed by atoms with van der Waals surface area (Å²) in [7, 11) is 0. The van der Waals surface area contributed by atoms with Crippen LogP contribution in [0, 0.1) is 0 Å². The van der Waals surface area contributed by atoms with E-state index in [-0.39, 0.29) is 6.03 Å². The summed E-state index contributed by atoms with van der Waals surface area (Å²) in [5, 5.41) is 2.72. The molecule has 0 aromatic carbocycles. The van der Waals surface area contributed by atoms with E-state index in [2.05, 4.69) is 5.32 Å². The maximum absolute atomic E-state index is 10.9. The molecule has 1 saturated heterocycles. The molecule has 0 atom stereocenters. The summed E-state index contributed by atoms with van der Waals surface area (Å²) >= 11 is 0. The lowest BCUT2D eigenvalue weighted by Crippen LogP contribution is -2.28. The standard InChI is InChI=1S/C7H13N3O/c8-3-1-2-5-10-6-4-9-7(10)11/h1-2H,3-6,8H2,(H,9,11)/b2-1+. The van der Waals surface area contributed by atoms with Crippen molar-refractivity contribution < 1.29 is 4.79 Å². The number of carbonyl (C=O) groups is 1. The van der Waals surface area contributed by atoms with Gasteiger partial charge in [-0.05, 0) is 0 Å². The van der Waals surface area contributed by atoms with Gasteiger partial charge in [0.15, 0.2) is 0 Å². The SMILES string of the molecule is NC/C=C/CN1CCNC1=O. The molecule has 0 aromatic heterocycles. The third-order valence-corrected chi connectivity index (χ3v) is 1.57. The highest BCUT2D eigenvalue weighted by Crippen LogP contribution is 1.95. The summed E-state index contributed by atoms with van der Waals surface area (Å²) in [4.78, 5) is 12.7. The van der Waals surface area contributed by atoms with Crippen LogP contribution in [0.1, 0.15) is 0 Å². The lowest BCUT2D eigenvalue weighted by molar-refractivity contribution is 0.221. The first kappa shape index (κ1) is 8.07. The van der Waals surface area contributed by atoms with Crippen molar-refractivity contribution in [2.75, 3.05) is 26.2 Å². The summed E-state index contributed by atoms with van der Waals surface area (Å²) in [6.07, 6.45) is 3.76. The Morgan fingerprint density at radius 2 is 2.45 bits per heavy atom. The molecule has 0 aliphatic carbocycles. The minimum absolute atomic E-state index is 0.0201. The van der Waals surface area contributed by atoms with E-state index in [0.29, 0.717) is 13.1 Å². The van der Waals surface area contributed by atoms with E-state index in [1.807, 2.05) is 12.2 Å². The Bertz CT molecular complexity index is 167. The van der Waals surface area contributed by atoms with Crippen molar-refractivity contribution in [1.29, 1.82) is 0 Å². The third-order valence-electron chi connectivity index (χ3n) is 1.57. The van der Waals surface area contributed by atoms with Crippen molar-refractivity contribution in [3.63, 3.8) is 0 Å². The van der Waals surface area contributed by atoms with Crippen LogP contribution in [0.25, 0.3) is 0 Å². The number of nitrogens with one attached hydrogen (secondary N) is 1. The molecule has 11 heavy (non-hydrogen) atoms. The molecule has 4 nitrogen and oxygen atoms in total. The number of hydrogen-bond acceptors (Lipinski definition) is 2. The van der Waals surface area contributed by atoms with E-state index in [1.54, 1.807) is 4.90 Å². The van der Waals surface area contributed by atoms with Crippen molar-refractivity contribution in [3.8, 4) is 0 Å². The monoisotopic (exact) mass is 155 g/mol. The van der Waals surface area contributed by atoms with Gasteiger partial charge >= 0.3 is 6.03 Å². The third kappa shape index (κ3) is 2.23. The number of amides is 2. The van der Waals surface area contributed by atoms with Gasteiger partial charge in [0.1, 0.15) is 0 Å². The fraction of sp³-hybridized carbons (Fsp3) is 0.571. The van der Waals surface area contributed by atoms with Crippen LogP contribution >= 0.6 is 0 Å². The first-order valence-corrected chi connectivity index (χ1v) is 3.72. The maximum atomic E-state index is 10.9. The van der Waals surface area contributed by atoms with Crippen LogP contribution in [-0.2, 0) is 0 Å². The van der Waals surface area contributed by atoms with Gasteiger partial charge in [-0.2, -0.15) is 0 Å². The summed E-state index contributed by atoms with van der Waals surface area (Å²) < 4.78 is 0. The number of nitrogens with zero attached hydrogens (tertiary/aromatic N) is 1. The van der Waals surface area contributed by atoms with Gasteiger partial charge in [-0.3, -0.25) is 0 Å². The largest absolute Gasteiger partial charge is 0.336 e. The Morgan fingerprint density at radius 1 is 1.64 bits per heavy atom. The van der Waals surface area contributed by atoms with Crippen LogP contribution in [0.4, 0.5) is 4.79 Å². The van der Waals surface area contributed by atoms with E-state index in [4.69, 9.17) is 5.73 Å². The Hall–Kier alpha value is -1.03. The van der Waals surface area contributed by atoms with Gasteiger partial charge in [-0.25, -0.2) is 4.79 Å². The normalized spacial score (nSPS) is 17.9. The van der Waals surface area contributed by atoms with Crippen molar-refractivity contribution in [1.82, 2.24) is 10.2 Å². The first-order chi connectivity index (χ1) is 5.34. The fourth-order valence-corrected chi connectivity index (χ4v) is 0.983. The van der Waals surface area contributed by atoms with Crippen molar-refractivity contribution in [3.05, 3.63) is 12.2 Å². The summed E-state index contributed by atoms with van der Waals surface area (Å²) in [5.41, 5.74) is 5.24. The highest BCUT2D eigenvalue weighted by Gasteiger charge is 2.16. The zero-order valence-corrected chi connectivity index (χ0v) is 6.42. The number of nitrogens with two attached hydrogens (primary N) is 1. The van der Waals surface area contributed by atoms with Gasteiger partial charge < -0.3 is 16.0 Å².